The van der Waals surface area contributed by atoms with E-state index in [0.717, 1.165) is 38.8 Å². The van der Waals surface area contributed by atoms with E-state index < -0.39 is 0 Å². The van der Waals surface area contributed by atoms with Gasteiger partial charge >= 0.3 is 0 Å². The third-order valence-corrected chi connectivity index (χ3v) is 4.32. The van der Waals surface area contributed by atoms with Crippen molar-refractivity contribution in [2.75, 3.05) is 46.6 Å². The third-order valence-electron chi connectivity index (χ3n) is 4.32. The van der Waals surface area contributed by atoms with Crippen LogP contribution in [0.15, 0.2) is 0 Å². The molecule has 0 saturated carbocycles. The number of methoxy groups -OCH3 is 1. The molecule has 126 valence electrons. The monoisotopic (exact) mass is 299 g/mol. The largest absolute Gasteiger partial charge is 0.385 e. The first kappa shape index (κ1) is 18.9. The zero-order chi connectivity index (χ0) is 15.6. The summed E-state index contributed by atoms with van der Waals surface area (Å²) < 4.78 is 10.7. The van der Waals surface area contributed by atoms with Crippen molar-refractivity contribution in [2.45, 2.75) is 59.3 Å². The fraction of sp³-hybridized carbons (Fsp3) is 1.00. The predicted molar refractivity (Wildman–Crippen MR) is 89.8 cm³/mol. The van der Waals surface area contributed by atoms with E-state index in [0.29, 0.717) is 5.41 Å². The predicted octanol–water partition coefficient (Wildman–Crippen LogP) is 3.97. The van der Waals surface area contributed by atoms with Gasteiger partial charge < -0.3 is 9.47 Å². The first-order valence-corrected chi connectivity index (χ1v) is 8.80. The number of rotatable bonds is 10. The maximum absolute atomic E-state index is 5.39. The van der Waals surface area contributed by atoms with Gasteiger partial charge in [-0.2, -0.15) is 0 Å². The molecule has 0 N–H and O–H groups in total. The van der Waals surface area contributed by atoms with Gasteiger partial charge in [0.1, 0.15) is 0 Å². The lowest BCUT2D eigenvalue weighted by Crippen LogP contribution is -2.36. The first-order chi connectivity index (χ1) is 10.0. The SMILES string of the molecule is COCC[C@H](CCCCCN1CCOCC1)CC(C)(C)C. The van der Waals surface area contributed by atoms with E-state index in [4.69, 9.17) is 9.47 Å². The van der Waals surface area contributed by atoms with E-state index in [1.165, 1.54) is 45.1 Å². The van der Waals surface area contributed by atoms with Crippen LogP contribution in [0.5, 0.6) is 0 Å². The molecule has 0 aromatic carbocycles. The Morgan fingerprint density at radius 3 is 2.38 bits per heavy atom. The third kappa shape index (κ3) is 10.3. The molecule has 1 aliphatic rings. The van der Waals surface area contributed by atoms with Crippen molar-refractivity contribution in [3.8, 4) is 0 Å². The molecule has 0 bridgehead atoms. The number of hydrogen-bond donors (Lipinski definition) is 0. The lowest BCUT2D eigenvalue weighted by atomic mass is 9.81. The van der Waals surface area contributed by atoms with Crippen LogP contribution in [-0.4, -0.2) is 51.5 Å². The standard InChI is InChI=1S/C18H37NO2/c1-18(2,3)16-17(9-13-20-4)8-6-5-7-10-19-11-14-21-15-12-19/h17H,5-16H2,1-4H3/t17-/m0/s1. The second-order valence-electron chi connectivity index (χ2n) is 7.72. The van der Waals surface area contributed by atoms with Crippen molar-refractivity contribution >= 4 is 0 Å². The molecule has 1 fully saturated rings. The summed E-state index contributed by atoms with van der Waals surface area (Å²) in [5, 5.41) is 0. The van der Waals surface area contributed by atoms with E-state index in [9.17, 15) is 0 Å². The molecule has 21 heavy (non-hydrogen) atoms. The summed E-state index contributed by atoms with van der Waals surface area (Å²) in [7, 11) is 1.82. The fourth-order valence-electron chi connectivity index (χ4n) is 3.27. The lowest BCUT2D eigenvalue weighted by Gasteiger charge is -2.27. The van der Waals surface area contributed by atoms with Crippen LogP contribution in [0.25, 0.3) is 0 Å². The molecular formula is C18H37NO2. The van der Waals surface area contributed by atoms with Crippen LogP contribution < -0.4 is 0 Å². The van der Waals surface area contributed by atoms with E-state index in [2.05, 4.69) is 25.7 Å². The van der Waals surface area contributed by atoms with Crippen molar-refractivity contribution in [1.29, 1.82) is 0 Å². The van der Waals surface area contributed by atoms with Crippen LogP contribution in [0, 0.1) is 11.3 Å². The molecule has 1 aliphatic heterocycles. The smallest absolute Gasteiger partial charge is 0.0594 e. The summed E-state index contributed by atoms with van der Waals surface area (Å²) in [5.41, 5.74) is 0.437. The van der Waals surface area contributed by atoms with Crippen molar-refractivity contribution < 1.29 is 9.47 Å². The summed E-state index contributed by atoms with van der Waals surface area (Å²) in [6.45, 7) is 13.3. The van der Waals surface area contributed by atoms with E-state index in [-0.39, 0.29) is 0 Å². The Morgan fingerprint density at radius 1 is 1.05 bits per heavy atom. The highest BCUT2D eigenvalue weighted by molar-refractivity contribution is 4.70. The molecule has 1 saturated heterocycles. The fourth-order valence-corrected chi connectivity index (χ4v) is 3.27. The highest BCUT2D eigenvalue weighted by atomic mass is 16.5. The minimum Gasteiger partial charge on any atom is -0.385 e. The van der Waals surface area contributed by atoms with Gasteiger partial charge in [0.05, 0.1) is 13.2 Å². The summed E-state index contributed by atoms with van der Waals surface area (Å²) in [6.07, 6.45) is 7.98. The Bertz CT molecular complexity index is 244. The van der Waals surface area contributed by atoms with Gasteiger partial charge in [-0.25, -0.2) is 0 Å². The Morgan fingerprint density at radius 2 is 1.76 bits per heavy atom. The molecule has 0 spiro atoms. The van der Waals surface area contributed by atoms with Crippen molar-refractivity contribution in [3.63, 3.8) is 0 Å². The molecule has 1 heterocycles. The molecule has 0 aromatic rings. The second-order valence-corrected chi connectivity index (χ2v) is 7.72. The van der Waals surface area contributed by atoms with E-state index in [1.807, 2.05) is 7.11 Å². The first-order valence-electron chi connectivity index (χ1n) is 8.80. The van der Waals surface area contributed by atoms with Crippen LogP contribution in [0.3, 0.4) is 0 Å². The molecule has 3 heteroatoms. The minimum atomic E-state index is 0.437. The summed E-state index contributed by atoms with van der Waals surface area (Å²) in [4.78, 5) is 2.54. The van der Waals surface area contributed by atoms with Crippen molar-refractivity contribution in [3.05, 3.63) is 0 Å². The molecule has 0 radical (unpaired) electrons. The Labute approximate surface area is 132 Å². The number of morpholine rings is 1. The van der Waals surface area contributed by atoms with Crippen LogP contribution in [0.1, 0.15) is 59.3 Å². The van der Waals surface area contributed by atoms with Gasteiger partial charge in [-0.05, 0) is 37.1 Å². The lowest BCUT2D eigenvalue weighted by molar-refractivity contribution is 0.0370. The van der Waals surface area contributed by atoms with E-state index in [1.54, 1.807) is 0 Å². The maximum Gasteiger partial charge on any atom is 0.0594 e. The van der Waals surface area contributed by atoms with Gasteiger partial charge in [-0.1, -0.05) is 40.0 Å². The molecule has 1 rings (SSSR count). The van der Waals surface area contributed by atoms with Gasteiger partial charge in [0.15, 0.2) is 0 Å². The van der Waals surface area contributed by atoms with Crippen molar-refractivity contribution in [2.24, 2.45) is 11.3 Å². The Hall–Kier alpha value is -0.120. The molecule has 0 aromatic heterocycles. The summed E-state index contributed by atoms with van der Waals surface area (Å²) in [5.74, 6) is 0.827. The van der Waals surface area contributed by atoms with Gasteiger partial charge in [0.25, 0.3) is 0 Å². The molecule has 0 amide bonds. The maximum atomic E-state index is 5.39. The number of ether oxygens (including phenoxy) is 2. The number of unbranched alkanes of at least 4 members (excludes halogenated alkanes) is 2. The highest BCUT2D eigenvalue weighted by Gasteiger charge is 2.18. The Kier molecular flexibility index (Phi) is 9.54. The van der Waals surface area contributed by atoms with Gasteiger partial charge in [0, 0.05) is 26.8 Å². The molecule has 0 unspecified atom stereocenters. The number of hydrogen-bond acceptors (Lipinski definition) is 3. The highest BCUT2D eigenvalue weighted by Crippen LogP contribution is 2.29. The van der Waals surface area contributed by atoms with Crippen LogP contribution >= 0.6 is 0 Å². The normalized spacial score (nSPS) is 18.9. The van der Waals surface area contributed by atoms with Crippen LogP contribution in [0.4, 0.5) is 0 Å². The second kappa shape index (κ2) is 10.6. The molecule has 3 nitrogen and oxygen atoms in total. The Balaban J connectivity index is 2.10. The zero-order valence-electron chi connectivity index (χ0n) is 14.8. The minimum absolute atomic E-state index is 0.437. The molecular weight excluding hydrogens is 262 g/mol. The van der Waals surface area contributed by atoms with Crippen molar-refractivity contribution in [1.82, 2.24) is 4.90 Å². The quantitative estimate of drug-likeness (QED) is 0.570. The topological polar surface area (TPSA) is 21.7 Å². The van der Waals surface area contributed by atoms with Gasteiger partial charge in [-0.15, -0.1) is 0 Å². The zero-order valence-corrected chi connectivity index (χ0v) is 14.8. The van der Waals surface area contributed by atoms with Crippen LogP contribution in [-0.2, 0) is 9.47 Å². The van der Waals surface area contributed by atoms with Crippen LogP contribution in [0.2, 0.25) is 0 Å². The van der Waals surface area contributed by atoms with Gasteiger partial charge in [-0.3, -0.25) is 4.90 Å². The van der Waals surface area contributed by atoms with Gasteiger partial charge in [0.2, 0.25) is 0 Å². The summed E-state index contributed by atoms with van der Waals surface area (Å²) >= 11 is 0. The number of nitrogens with zero attached hydrogens (tertiary/aromatic N) is 1. The molecule has 1 atom stereocenters. The average molecular weight is 299 g/mol. The average Bonchev–Trinajstić information content (AvgIpc) is 2.44. The summed E-state index contributed by atoms with van der Waals surface area (Å²) in [6, 6.07) is 0. The molecule has 0 aliphatic carbocycles. The van der Waals surface area contributed by atoms with E-state index >= 15 is 0 Å².